The van der Waals surface area contributed by atoms with E-state index in [1.54, 1.807) is 37.4 Å². The van der Waals surface area contributed by atoms with Crippen LogP contribution in [-0.4, -0.2) is 31.7 Å². The molecule has 1 aromatic heterocycles. The van der Waals surface area contributed by atoms with Crippen molar-refractivity contribution in [3.05, 3.63) is 53.5 Å². The van der Waals surface area contributed by atoms with Gasteiger partial charge in [0.25, 0.3) is 5.91 Å². The highest BCUT2D eigenvalue weighted by Crippen LogP contribution is 2.17. The second kappa shape index (κ2) is 7.81. The van der Waals surface area contributed by atoms with Gasteiger partial charge in [-0.15, -0.1) is 0 Å². The molecule has 0 saturated heterocycles. The number of nitrogens with two attached hydrogens (primary N) is 1. The van der Waals surface area contributed by atoms with Crippen molar-refractivity contribution < 1.29 is 17.6 Å². The maximum Gasteiger partial charge on any atom is 0.254 e. The zero-order valence-electron chi connectivity index (χ0n) is 14.5. The summed E-state index contributed by atoms with van der Waals surface area (Å²) >= 11 is 0. The van der Waals surface area contributed by atoms with Gasteiger partial charge in [-0.1, -0.05) is 12.1 Å². The van der Waals surface area contributed by atoms with Crippen molar-refractivity contribution in [2.75, 3.05) is 7.05 Å². The third kappa shape index (κ3) is 4.47. The first-order chi connectivity index (χ1) is 11.8. The fourth-order valence-electron chi connectivity index (χ4n) is 2.11. The van der Waals surface area contributed by atoms with Crippen molar-refractivity contribution >= 4 is 15.9 Å². The molecule has 7 nitrogen and oxygen atoms in total. The molecular formula is C17H23N3O4S. The largest absolute Gasteiger partial charge is 0.467 e. The zero-order chi connectivity index (χ0) is 18.6. The van der Waals surface area contributed by atoms with Crippen LogP contribution in [0.1, 0.15) is 35.5 Å². The topological polar surface area (TPSA) is 106 Å². The molecule has 0 fully saturated rings. The Labute approximate surface area is 147 Å². The predicted octanol–water partition coefficient (Wildman–Crippen LogP) is 1.70. The van der Waals surface area contributed by atoms with Gasteiger partial charge in [0.15, 0.2) is 0 Å². The van der Waals surface area contributed by atoms with Crippen molar-refractivity contribution in [1.82, 2.24) is 9.62 Å². The van der Waals surface area contributed by atoms with Crippen molar-refractivity contribution in [3.8, 4) is 0 Å². The molecule has 0 radical (unpaired) electrons. The fraction of sp³-hybridized carbons (Fsp3) is 0.353. The fourth-order valence-corrected chi connectivity index (χ4v) is 3.48. The molecule has 3 N–H and O–H groups in total. The van der Waals surface area contributed by atoms with Crippen LogP contribution in [-0.2, 0) is 23.1 Å². The van der Waals surface area contributed by atoms with Crippen molar-refractivity contribution in [3.63, 3.8) is 0 Å². The third-order valence-corrected chi connectivity index (χ3v) is 5.95. The summed E-state index contributed by atoms with van der Waals surface area (Å²) in [5, 5.41) is 2.75. The average molecular weight is 365 g/mol. The standard InChI is InChI=1S/C17H23N3O4S/c1-12(2)20(3)25(22,23)16-6-4-13(5-7-16)10-19-17(21)14-8-15(9-18)24-11-14/h4-8,11-12H,9-10,18H2,1-3H3,(H,19,21). The van der Waals surface area contributed by atoms with Crippen molar-refractivity contribution in [1.29, 1.82) is 0 Å². The Hall–Kier alpha value is -2.16. The van der Waals surface area contributed by atoms with Crippen molar-refractivity contribution in [2.45, 2.75) is 37.9 Å². The second-order valence-corrected chi connectivity index (χ2v) is 7.94. The van der Waals surface area contributed by atoms with Gasteiger partial charge in [-0.05, 0) is 37.6 Å². The maximum absolute atomic E-state index is 12.4. The minimum absolute atomic E-state index is 0.127. The van der Waals surface area contributed by atoms with E-state index in [-0.39, 0.29) is 29.9 Å². The molecule has 136 valence electrons. The maximum atomic E-state index is 12.4. The molecule has 0 aliphatic rings. The summed E-state index contributed by atoms with van der Waals surface area (Å²) in [6.07, 6.45) is 1.36. The van der Waals surface area contributed by atoms with Crippen LogP contribution in [0.2, 0.25) is 0 Å². The van der Waals surface area contributed by atoms with E-state index < -0.39 is 10.0 Å². The number of sulfonamides is 1. The monoisotopic (exact) mass is 365 g/mol. The third-order valence-electron chi connectivity index (χ3n) is 3.90. The molecule has 25 heavy (non-hydrogen) atoms. The summed E-state index contributed by atoms with van der Waals surface area (Å²) in [5.74, 6) is 0.258. The van der Waals surface area contributed by atoms with Crippen LogP contribution in [0.5, 0.6) is 0 Å². The van der Waals surface area contributed by atoms with E-state index in [9.17, 15) is 13.2 Å². The van der Waals surface area contributed by atoms with Gasteiger partial charge in [-0.3, -0.25) is 4.79 Å². The van der Waals surface area contributed by atoms with Crippen molar-refractivity contribution in [2.24, 2.45) is 5.73 Å². The lowest BCUT2D eigenvalue weighted by Crippen LogP contribution is -2.33. The molecule has 1 amide bonds. The smallest absolute Gasteiger partial charge is 0.254 e. The van der Waals surface area contributed by atoms with Gasteiger partial charge >= 0.3 is 0 Å². The Morgan fingerprint density at radius 2 is 1.92 bits per heavy atom. The SMILES string of the molecule is CC(C)N(C)S(=O)(=O)c1ccc(CNC(=O)c2coc(CN)c2)cc1. The highest BCUT2D eigenvalue weighted by atomic mass is 32.2. The molecule has 0 atom stereocenters. The second-order valence-electron chi connectivity index (χ2n) is 5.95. The predicted molar refractivity (Wildman–Crippen MR) is 94.3 cm³/mol. The van der Waals surface area contributed by atoms with Gasteiger partial charge in [0, 0.05) is 19.6 Å². The number of hydrogen-bond acceptors (Lipinski definition) is 5. The highest BCUT2D eigenvalue weighted by Gasteiger charge is 2.22. The highest BCUT2D eigenvalue weighted by molar-refractivity contribution is 7.89. The van der Waals surface area contributed by atoms with Gasteiger partial charge in [-0.25, -0.2) is 8.42 Å². The zero-order valence-corrected chi connectivity index (χ0v) is 15.3. The number of carbonyl (C=O) groups is 1. The lowest BCUT2D eigenvalue weighted by molar-refractivity contribution is 0.0950. The van der Waals surface area contributed by atoms with Crippen LogP contribution in [0.15, 0.2) is 45.9 Å². The molecule has 1 heterocycles. The minimum atomic E-state index is -3.51. The lowest BCUT2D eigenvalue weighted by Gasteiger charge is -2.21. The van der Waals surface area contributed by atoms with Gasteiger partial charge < -0.3 is 15.5 Å². The van der Waals surface area contributed by atoms with Crippen LogP contribution in [0, 0.1) is 0 Å². The van der Waals surface area contributed by atoms with Crippen LogP contribution >= 0.6 is 0 Å². The lowest BCUT2D eigenvalue weighted by atomic mass is 10.2. The molecule has 0 saturated carbocycles. The number of nitrogens with zero attached hydrogens (tertiary/aromatic N) is 1. The number of carbonyl (C=O) groups excluding carboxylic acids is 1. The summed E-state index contributed by atoms with van der Waals surface area (Å²) in [6.45, 7) is 4.14. The molecule has 0 spiro atoms. The molecule has 0 aliphatic heterocycles. The minimum Gasteiger partial charge on any atom is -0.467 e. The van der Waals surface area contributed by atoms with Crippen LogP contribution < -0.4 is 11.1 Å². The van der Waals surface area contributed by atoms with E-state index >= 15 is 0 Å². The Bertz CT molecular complexity index is 826. The van der Waals surface area contributed by atoms with Gasteiger partial charge in [-0.2, -0.15) is 4.31 Å². The molecule has 0 unspecified atom stereocenters. The number of furan rings is 1. The van der Waals surface area contributed by atoms with E-state index in [4.69, 9.17) is 10.2 Å². The summed E-state index contributed by atoms with van der Waals surface area (Å²) in [4.78, 5) is 12.2. The van der Waals surface area contributed by atoms with E-state index in [0.29, 0.717) is 11.3 Å². The number of amides is 1. The average Bonchev–Trinajstić information content (AvgIpc) is 3.08. The Kier molecular flexibility index (Phi) is 5.99. The Morgan fingerprint density at radius 1 is 1.28 bits per heavy atom. The van der Waals surface area contributed by atoms with E-state index in [0.717, 1.165) is 5.56 Å². The summed E-state index contributed by atoms with van der Waals surface area (Å²) in [7, 11) is -1.96. The first-order valence-corrected chi connectivity index (χ1v) is 9.32. The molecule has 8 heteroatoms. The molecular weight excluding hydrogens is 342 g/mol. The van der Waals surface area contributed by atoms with E-state index in [2.05, 4.69) is 5.32 Å². The van der Waals surface area contributed by atoms with Gasteiger partial charge in [0.2, 0.25) is 10.0 Å². The van der Waals surface area contributed by atoms with Crippen LogP contribution in [0.3, 0.4) is 0 Å². The number of nitrogens with one attached hydrogen (secondary N) is 1. The van der Waals surface area contributed by atoms with Crippen LogP contribution in [0.4, 0.5) is 0 Å². The molecule has 2 rings (SSSR count). The summed E-state index contributed by atoms with van der Waals surface area (Å²) in [6, 6.07) is 7.91. The van der Waals surface area contributed by atoms with E-state index in [1.165, 1.54) is 10.6 Å². The first kappa shape index (κ1) is 19.2. The molecule has 0 aliphatic carbocycles. The number of rotatable bonds is 7. The number of benzene rings is 1. The van der Waals surface area contributed by atoms with Gasteiger partial charge in [0.05, 0.1) is 17.0 Å². The Balaban J connectivity index is 2.02. The molecule has 0 bridgehead atoms. The quantitative estimate of drug-likeness (QED) is 0.777. The van der Waals surface area contributed by atoms with Crippen LogP contribution in [0.25, 0.3) is 0 Å². The summed E-state index contributed by atoms with van der Waals surface area (Å²) < 4.78 is 31.2. The normalized spacial score (nSPS) is 11.9. The number of hydrogen-bond donors (Lipinski definition) is 2. The Morgan fingerprint density at radius 3 is 2.44 bits per heavy atom. The molecule has 2 aromatic rings. The van der Waals surface area contributed by atoms with Gasteiger partial charge in [0.1, 0.15) is 12.0 Å². The first-order valence-electron chi connectivity index (χ1n) is 7.88. The van der Waals surface area contributed by atoms with E-state index in [1.807, 2.05) is 13.8 Å². The molecule has 1 aromatic carbocycles. The summed E-state index contributed by atoms with van der Waals surface area (Å²) in [5.41, 5.74) is 6.63.